The third kappa shape index (κ3) is 2.37. The molecule has 0 spiro atoms. The molecule has 0 saturated carbocycles. The Balaban J connectivity index is 2.75. The third-order valence-corrected chi connectivity index (χ3v) is 2.70. The topological polar surface area (TPSA) is 71.9 Å². The molecule has 0 unspecified atom stereocenters. The molecule has 98 valence electrons. The molecule has 0 amide bonds. The molecule has 19 heavy (non-hydrogen) atoms. The van der Waals surface area contributed by atoms with Crippen molar-refractivity contribution in [3.05, 3.63) is 63.6 Å². The minimum atomic E-state index is -0.636. The Kier molecular flexibility index (Phi) is 3.16. The van der Waals surface area contributed by atoms with Gasteiger partial charge in [0.2, 0.25) is 0 Å². The summed E-state index contributed by atoms with van der Waals surface area (Å²) in [7, 11) is 0. The van der Waals surface area contributed by atoms with Gasteiger partial charge in [0.15, 0.2) is 5.43 Å². The van der Waals surface area contributed by atoms with E-state index in [1.807, 2.05) is 0 Å². The number of aromatic nitrogens is 1. The molecule has 0 aliphatic heterocycles. The van der Waals surface area contributed by atoms with Gasteiger partial charge in [-0.15, -0.1) is 0 Å². The summed E-state index contributed by atoms with van der Waals surface area (Å²) >= 11 is 0. The number of amidine groups is 1. The summed E-state index contributed by atoms with van der Waals surface area (Å²) in [5, 5.41) is 7.30. The Morgan fingerprint density at radius 2 is 2.00 bits per heavy atom. The molecular formula is C13H11F2N3O. The number of nitrogens with two attached hydrogens (primary N) is 1. The smallest absolute Gasteiger partial charge is 0.192 e. The lowest BCUT2D eigenvalue weighted by Crippen LogP contribution is -2.24. The zero-order valence-corrected chi connectivity index (χ0v) is 10.1. The molecular weight excluding hydrogens is 252 g/mol. The van der Waals surface area contributed by atoms with E-state index in [4.69, 9.17) is 11.1 Å². The SMILES string of the molecule is Cc1cc(=O)c(C(=N)N)cn1-c1cc(F)ccc1F. The number of rotatable bonds is 2. The van der Waals surface area contributed by atoms with Crippen molar-refractivity contribution in [2.24, 2.45) is 5.73 Å². The second kappa shape index (κ2) is 4.64. The van der Waals surface area contributed by atoms with Crippen LogP contribution in [0.5, 0.6) is 0 Å². The van der Waals surface area contributed by atoms with Crippen molar-refractivity contribution in [3.8, 4) is 5.69 Å². The van der Waals surface area contributed by atoms with Gasteiger partial charge in [-0.25, -0.2) is 8.78 Å². The van der Waals surface area contributed by atoms with E-state index in [0.717, 1.165) is 18.2 Å². The first-order chi connectivity index (χ1) is 8.90. The summed E-state index contributed by atoms with van der Waals surface area (Å²) in [4.78, 5) is 11.6. The van der Waals surface area contributed by atoms with E-state index in [1.54, 1.807) is 6.92 Å². The molecule has 1 aromatic heterocycles. The number of halogens is 2. The van der Waals surface area contributed by atoms with Crippen LogP contribution in [0.3, 0.4) is 0 Å². The molecule has 0 aliphatic rings. The largest absolute Gasteiger partial charge is 0.384 e. The van der Waals surface area contributed by atoms with E-state index in [2.05, 4.69) is 0 Å². The number of hydrogen-bond donors (Lipinski definition) is 2. The predicted octanol–water partition coefficient (Wildman–Crippen LogP) is 1.71. The van der Waals surface area contributed by atoms with Gasteiger partial charge in [-0.2, -0.15) is 0 Å². The van der Waals surface area contributed by atoms with Crippen molar-refractivity contribution in [3.63, 3.8) is 0 Å². The number of pyridine rings is 1. The van der Waals surface area contributed by atoms with Crippen LogP contribution in [0.2, 0.25) is 0 Å². The van der Waals surface area contributed by atoms with Gasteiger partial charge in [-0.3, -0.25) is 10.2 Å². The Hall–Kier alpha value is -2.50. The second-order valence-electron chi connectivity index (χ2n) is 4.07. The highest BCUT2D eigenvalue weighted by atomic mass is 19.1. The quantitative estimate of drug-likeness (QED) is 0.639. The van der Waals surface area contributed by atoms with Crippen LogP contribution in [0.15, 0.2) is 35.3 Å². The predicted molar refractivity (Wildman–Crippen MR) is 67.7 cm³/mol. The Morgan fingerprint density at radius 1 is 1.32 bits per heavy atom. The number of benzene rings is 1. The molecule has 4 nitrogen and oxygen atoms in total. The molecule has 0 saturated heterocycles. The maximum absolute atomic E-state index is 13.7. The lowest BCUT2D eigenvalue weighted by molar-refractivity contribution is 0.591. The lowest BCUT2D eigenvalue weighted by Gasteiger charge is -2.13. The van der Waals surface area contributed by atoms with Gasteiger partial charge >= 0.3 is 0 Å². The molecule has 2 aromatic rings. The number of nitrogens with zero attached hydrogens (tertiary/aromatic N) is 1. The molecule has 1 heterocycles. The van der Waals surface area contributed by atoms with Gasteiger partial charge in [0, 0.05) is 24.0 Å². The van der Waals surface area contributed by atoms with Crippen LogP contribution >= 0.6 is 0 Å². The van der Waals surface area contributed by atoms with Crippen LogP contribution in [0, 0.1) is 24.0 Å². The van der Waals surface area contributed by atoms with Gasteiger partial charge in [-0.05, 0) is 19.1 Å². The summed E-state index contributed by atoms with van der Waals surface area (Å²) in [5.41, 5.74) is 5.16. The fourth-order valence-electron chi connectivity index (χ4n) is 1.76. The minimum absolute atomic E-state index is 0.0417. The van der Waals surface area contributed by atoms with Crippen LogP contribution in [0.1, 0.15) is 11.3 Å². The lowest BCUT2D eigenvalue weighted by atomic mass is 10.2. The first kappa shape index (κ1) is 12.9. The molecule has 1 aromatic carbocycles. The van der Waals surface area contributed by atoms with Crippen molar-refractivity contribution >= 4 is 5.84 Å². The Morgan fingerprint density at radius 3 is 2.63 bits per heavy atom. The Labute approximate surface area is 107 Å². The van der Waals surface area contributed by atoms with Gasteiger partial charge in [0.1, 0.15) is 17.5 Å². The molecule has 0 radical (unpaired) electrons. The van der Waals surface area contributed by atoms with E-state index >= 15 is 0 Å². The molecule has 0 fully saturated rings. The molecule has 6 heteroatoms. The monoisotopic (exact) mass is 263 g/mol. The molecule has 3 N–H and O–H groups in total. The van der Waals surface area contributed by atoms with E-state index < -0.39 is 22.9 Å². The molecule has 0 bridgehead atoms. The average Bonchev–Trinajstić information content (AvgIpc) is 2.32. The van der Waals surface area contributed by atoms with E-state index in [9.17, 15) is 13.6 Å². The van der Waals surface area contributed by atoms with Gasteiger partial charge < -0.3 is 10.3 Å². The number of aryl methyl sites for hydroxylation is 1. The van der Waals surface area contributed by atoms with Crippen molar-refractivity contribution in [2.45, 2.75) is 6.92 Å². The second-order valence-corrected chi connectivity index (χ2v) is 4.07. The van der Waals surface area contributed by atoms with Crippen LogP contribution < -0.4 is 11.2 Å². The van der Waals surface area contributed by atoms with Crippen molar-refractivity contribution in [1.29, 1.82) is 5.41 Å². The standard InChI is InChI=1S/C13H11F2N3O/c1-7-4-12(19)9(13(16)17)6-18(7)11-5-8(14)2-3-10(11)15/h2-6H,1H3,(H3,16,17). The third-order valence-electron chi connectivity index (χ3n) is 2.70. The van der Waals surface area contributed by atoms with Crippen molar-refractivity contribution in [1.82, 2.24) is 4.57 Å². The first-order valence-electron chi connectivity index (χ1n) is 5.43. The normalized spacial score (nSPS) is 10.5. The van der Waals surface area contributed by atoms with Crippen molar-refractivity contribution in [2.75, 3.05) is 0 Å². The number of hydrogen-bond acceptors (Lipinski definition) is 2. The highest BCUT2D eigenvalue weighted by Crippen LogP contribution is 2.16. The van der Waals surface area contributed by atoms with Gasteiger partial charge in [0.25, 0.3) is 0 Å². The number of nitrogens with one attached hydrogen (secondary N) is 1. The summed E-state index contributed by atoms with van der Waals surface area (Å²) in [6.45, 7) is 1.58. The zero-order valence-electron chi connectivity index (χ0n) is 10.1. The minimum Gasteiger partial charge on any atom is -0.384 e. The van der Waals surface area contributed by atoms with Crippen LogP contribution in [0.25, 0.3) is 5.69 Å². The highest BCUT2D eigenvalue weighted by molar-refractivity contribution is 5.94. The summed E-state index contributed by atoms with van der Waals surface area (Å²) in [6.07, 6.45) is 1.23. The first-order valence-corrected chi connectivity index (χ1v) is 5.43. The summed E-state index contributed by atoms with van der Waals surface area (Å²) in [6, 6.07) is 4.23. The molecule has 0 atom stereocenters. The zero-order chi connectivity index (χ0) is 14.2. The van der Waals surface area contributed by atoms with Gasteiger partial charge in [0.05, 0.1) is 11.3 Å². The number of nitrogen functional groups attached to an aromatic ring is 1. The highest BCUT2D eigenvalue weighted by Gasteiger charge is 2.11. The summed E-state index contributed by atoms with van der Waals surface area (Å²) in [5.74, 6) is -1.66. The summed E-state index contributed by atoms with van der Waals surface area (Å²) < 4.78 is 28.2. The van der Waals surface area contributed by atoms with E-state index in [0.29, 0.717) is 5.69 Å². The van der Waals surface area contributed by atoms with Crippen LogP contribution in [-0.2, 0) is 0 Å². The fraction of sp³-hybridized carbons (Fsp3) is 0.0769. The molecule has 0 aliphatic carbocycles. The van der Waals surface area contributed by atoms with Crippen molar-refractivity contribution < 1.29 is 8.78 Å². The van der Waals surface area contributed by atoms with Crippen LogP contribution in [-0.4, -0.2) is 10.4 Å². The fourth-order valence-corrected chi connectivity index (χ4v) is 1.76. The van der Waals surface area contributed by atoms with Crippen LogP contribution in [0.4, 0.5) is 8.78 Å². The van der Waals surface area contributed by atoms with E-state index in [-0.39, 0.29) is 11.3 Å². The maximum atomic E-state index is 13.7. The van der Waals surface area contributed by atoms with E-state index in [1.165, 1.54) is 16.8 Å². The molecule has 2 rings (SSSR count). The van der Waals surface area contributed by atoms with Gasteiger partial charge in [-0.1, -0.05) is 0 Å². The Bertz CT molecular complexity index is 722. The maximum Gasteiger partial charge on any atom is 0.192 e. The average molecular weight is 263 g/mol.